The average Bonchev–Trinajstić information content (AvgIpc) is 3.06. The molecular weight excluding hydrogens is 396 g/mol. The van der Waals surface area contributed by atoms with Crippen LogP contribution in [0.1, 0.15) is 47.7 Å². The van der Waals surface area contributed by atoms with E-state index in [9.17, 15) is 4.79 Å². The third-order valence-corrected chi connectivity index (χ3v) is 6.01. The number of benzene rings is 2. The van der Waals surface area contributed by atoms with E-state index in [0.717, 1.165) is 45.0 Å². The molecule has 0 radical (unpaired) electrons. The van der Waals surface area contributed by atoms with Crippen molar-refractivity contribution in [1.82, 2.24) is 9.88 Å². The molecular formula is C27H32N4O. The lowest BCUT2D eigenvalue weighted by atomic mass is 10.0. The van der Waals surface area contributed by atoms with Gasteiger partial charge >= 0.3 is 0 Å². The van der Waals surface area contributed by atoms with E-state index in [2.05, 4.69) is 58.2 Å². The smallest absolute Gasteiger partial charge is 0.255 e. The van der Waals surface area contributed by atoms with Crippen LogP contribution in [-0.2, 0) is 6.54 Å². The normalized spacial score (nSPS) is 14.9. The molecule has 32 heavy (non-hydrogen) atoms. The van der Waals surface area contributed by atoms with Gasteiger partial charge < -0.3 is 10.2 Å². The first kappa shape index (κ1) is 22.0. The van der Waals surface area contributed by atoms with E-state index in [1.165, 1.54) is 11.1 Å². The number of aromatic nitrogens is 1. The van der Waals surface area contributed by atoms with E-state index in [4.69, 9.17) is 0 Å². The van der Waals surface area contributed by atoms with Crippen molar-refractivity contribution in [2.75, 3.05) is 36.4 Å². The molecule has 0 spiro atoms. The van der Waals surface area contributed by atoms with Gasteiger partial charge in [0.1, 0.15) is 5.82 Å². The summed E-state index contributed by atoms with van der Waals surface area (Å²) in [4.78, 5) is 21.8. The van der Waals surface area contributed by atoms with Crippen LogP contribution < -0.4 is 10.2 Å². The lowest BCUT2D eigenvalue weighted by molar-refractivity contribution is 0.102. The second-order valence-electron chi connectivity index (χ2n) is 8.74. The second-order valence-corrected chi connectivity index (χ2v) is 8.74. The van der Waals surface area contributed by atoms with E-state index in [1.807, 2.05) is 30.3 Å². The van der Waals surface area contributed by atoms with Gasteiger partial charge in [-0.25, -0.2) is 4.98 Å². The molecule has 0 saturated carbocycles. The highest BCUT2D eigenvalue weighted by Crippen LogP contribution is 2.19. The highest BCUT2D eigenvalue weighted by atomic mass is 16.1. The summed E-state index contributed by atoms with van der Waals surface area (Å²) in [6.45, 7) is 9.50. The number of carbonyl (C=O) groups excluding carboxylic acids is 1. The number of rotatable bonds is 6. The molecule has 1 N–H and O–H groups in total. The van der Waals surface area contributed by atoms with E-state index in [-0.39, 0.29) is 5.91 Å². The Kier molecular flexibility index (Phi) is 7.17. The summed E-state index contributed by atoms with van der Waals surface area (Å²) in [5, 5.41) is 2.92. The highest BCUT2D eigenvalue weighted by molar-refractivity contribution is 6.04. The van der Waals surface area contributed by atoms with Crippen LogP contribution >= 0.6 is 0 Å². The average molecular weight is 429 g/mol. The maximum absolute atomic E-state index is 12.3. The molecule has 4 rings (SSSR count). The lowest BCUT2D eigenvalue weighted by Crippen LogP contribution is -2.31. The molecule has 0 bridgehead atoms. The molecule has 2 aromatic carbocycles. The second kappa shape index (κ2) is 10.4. The zero-order valence-electron chi connectivity index (χ0n) is 19.0. The number of nitrogens with one attached hydrogen (secondary N) is 1. The van der Waals surface area contributed by atoms with Crippen LogP contribution in [0, 0.1) is 0 Å². The van der Waals surface area contributed by atoms with Crippen LogP contribution in [-0.4, -0.2) is 42.0 Å². The highest BCUT2D eigenvalue weighted by Gasteiger charge is 2.16. The molecule has 1 fully saturated rings. The van der Waals surface area contributed by atoms with Crippen molar-refractivity contribution in [2.45, 2.75) is 32.7 Å². The van der Waals surface area contributed by atoms with Crippen LogP contribution in [0.2, 0.25) is 0 Å². The van der Waals surface area contributed by atoms with Crippen LogP contribution in [0.4, 0.5) is 11.5 Å². The third-order valence-electron chi connectivity index (χ3n) is 6.01. The molecule has 5 nitrogen and oxygen atoms in total. The maximum Gasteiger partial charge on any atom is 0.255 e. The van der Waals surface area contributed by atoms with Gasteiger partial charge in [0, 0.05) is 38.3 Å². The molecule has 3 aromatic rings. The number of hydrogen-bond acceptors (Lipinski definition) is 4. The van der Waals surface area contributed by atoms with Crippen LogP contribution in [0.15, 0.2) is 72.9 Å². The number of carbonyl (C=O) groups is 1. The van der Waals surface area contributed by atoms with Gasteiger partial charge in [0.15, 0.2) is 0 Å². The fourth-order valence-electron chi connectivity index (χ4n) is 4.06. The standard InChI is InChI=1S/C27H32N4O/c1-21(2)23-11-9-22(10-12-23)20-30-15-6-16-31(18-17-30)26-14-13-25(19-28-26)29-27(32)24-7-4-3-5-8-24/h3-5,7-14,19,21H,6,15-18,20H2,1-2H3,(H,29,32). The Balaban J connectivity index is 1.31. The topological polar surface area (TPSA) is 48.5 Å². The van der Waals surface area contributed by atoms with Gasteiger partial charge in [-0.05, 0) is 47.7 Å². The molecule has 1 saturated heterocycles. The number of nitrogens with zero attached hydrogens (tertiary/aromatic N) is 3. The Morgan fingerprint density at radius 2 is 1.72 bits per heavy atom. The maximum atomic E-state index is 12.3. The number of pyridine rings is 1. The van der Waals surface area contributed by atoms with Crippen molar-refractivity contribution in [1.29, 1.82) is 0 Å². The number of anilines is 2. The summed E-state index contributed by atoms with van der Waals surface area (Å²) >= 11 is 0. The Hall–Kier alpha value is -3.18. The van der Waals surface area contributed by atoms with Crippen molar-refractivity contribution in [2.24, 2.45) is 0 Å². The SMILES string of the molecule is CC(C)c1ccc(CN2CCCN(c3ccc(NC(=O)c4ccccc4)cn3)CC2)cc1. The zero-order chi connectivity index (χ0) is 22.3. The van der Waals surface area contributed by atoms with Gasteiger partial charge in [0.05, 0.1) is 11.9 Å². The molecule has 2 heterocycles. The molecule has 1 aliphatic heterocycles. The largest absolute Gasteiger partial charge is 0.355 e. The Bertz CT molecular complexity index is 1000. The van der Waals surface area contributed by atoms with Gasteiger partial charge in [0.25, 0.3) is 5.91 Å². The first-order valence-electron chi connectivity index (χ1n) is 11.5. The molecule has 0 atom stereocenters. The monoisotopic (exact) mass is 428 g/mol. The van der Waals surface area contributed by atoms with Crippen LogP contribution in [0.3, 0.4) is 0 Å². The summed E-state index contributed by atoms with van der Waals surface area (Å²) in [6, 6.07) is 22.2. The quantitative estimate of drug-likeness (QED) is 0.588. The molecule has 1 aromatic heterocycles. The minimum absolute atomic E-state index is 0.119. The summed E-state index contributed by atoms with van der Waals surface area (Å²) in [7, 11) is 0. The van der Waals surface area contributed by atoms with Gasteiger partial charge in [-0.1, -0.05) is 56.3 Å². The molecule has 0 aliphatic carbocycles. The van der Waals surface area contributed by atoms with Crippen LogP contribution in [0.25, 0.3) is 0 Å². The first-order chi connectivity index (χ1) is 15.6. The predicted octanol–water partition coefficient (Wildman–Crippen LogP) is 5.17. The number of amides is 1. The fourth-order valence-corrected chi connectivity index (χ4v) is 4.06. The molecule has 1 amide bonds. The molecule has 1 aliphatic rings. The van der Waals surface area contributed by atoms with Crippen molar-refractivity contribution in [3.05, 3.63) is 89.6 Å². The van der Waals surface area contributed by atoms with Gasteiger partial charge in [-0.3, -0.25) is 9.69 Å². The summed E-state index contributed by atoms with van der Waals surface area (Å²) in [6.07, 6.45) is 2.85. The first-order valence-corrected chi connectivity index (χ1v) is 11.5. The van der Waals surface area contributed by atoms with Crippen molar-refractivity contribution < 1.29 is 4.79 Å². The van der Waals surface area contributed by atoms with E-state index in [0.29, 0.717) is 17.2 Å². The lowest BCUT2D eigenvalue weighted by Gasteiger charge is -2.23. The fraction of sp³-hybridized carbons (Fsp3) is 0.333. The summed E-state index contributed by atoms with van der Waals surface area (Å²) < 4.78 is 0. The van der Waals surface area contributed by atoms with Crippen molar-refractivity contribution in [3.8, 4) is 0 Å². The van der Waals surface area contributed by atoms with E-state index < -0.39 is 0 Å². The van der Waals surface area contributed by atoms with Gasteiger partial charge in [-0.2, -0.15) is 0 Å². The predicted molar refractivity (Wildman–Crippen MR) is 131 cm³/mol. The van der Waals surface area contributed by atoms with Gasteiger partial charge in [0.2, 0.25) is 0 Å². The van der Waals surface area contributed by atoms with E-state index in [1.54, 1.807) is 18.3 Å². The Labute approximate surface area is 191 Å². The third kappa shape index (κ3) is 5.74. The number of hydrogen-bond donors (Lipinski definition) is 1. The van der Waals surface area contributed by atoms with Crippen molar-refractivity contribution >= 4 is 17.4 Å². The minimum Gasteiger partial charge on any atom is -0.355 e. The van der Waals surface area contributed by atoms with Crippen molar-refractivity contribution in [3.63, 3.8) is 0 Å². The summed E-state index contributed by atoms with van der Waals surface area (Å²) in [5.74, 6) is 1.42. The zero-order valence-corrected chi connectivity index (χ0v) is 19.0. The Morgan fingerprint density at radius 3 is 2.41 bits per heavy atom. The molecule has 5 heteroatoms. The minimum atomic E-state index is -0.119. The molecule has 0 unspecified atom stereocenters. The van der Waals surface area contributed by atoms with Crippen LogP contribution in [0.5, 0.6) is 0 Å². The summed E-state index contributed by atoms with van der Waals surface area (Å²) in [5.41, 5.74) is 4.12. The van der Waals surface area contributed by atoms with Gasteiger partial charge in [-0.15, -0.1) is 0 Å². The Morgan fingerprint density at radius 1 is 0.938 bits per heavy atom. The van der Waals surface area contributed by atoms with E-state index >= 15 is 0 Å². The molecule has 166 valence electrons.